The highest BCUT2D eigenvalue weighted by Crippen LogP contribution is 2.31. The SMILES string of the molecule is CCOc1cc(/C=N\NC(=O)Cn2c3ccccc3c(=O)c3ccccc32)ccc1OS(=O)(=O)c1cccc([N+](=O)[O-])c1. The number of amides is 1. The lowest BCUT2D eigenvalue weighted by molar-refractivity contribution is -0.385. The molecule has 0 fully saturated rings. The first-order valence-electron chi connectivity index (χ1n) is 13.0. The van der Waals surface area contributed by atoms with E-state index >= 15 is 0 Å². The Kier molecular flexibility index (Phi) is 8.16. The molecule has 12 nitrogen and oxygen atoms in total. The summed E-state index contributed by atoms with van der Waals surface area (Å²) < 4.78 is 38.1. The van der Waals surface area contributed by atoms with Gasteiger partial charge in [0, 0.05) is 22.9 Å². The summed E-state index contributed by atoms with van der Waals surface area (Å²) in [5.74, 6) is -0.493. The maximum atomic E-state index is 12.9. The Morgan fingerprint density at radius 2 is 1.63 bits per heavy atom. The minimum absolute atomic E-state index is 0.0815. The second-order valence-corrected chi connectivity index (χ2v) is 10.7. The molecule has 43 heavy (non-hydrogen) atoms. The Hall–Kier alpha value is -5.56. The van der Waals surface area contributed by atoms with Gasteiger partial charge >= 0.3 is 10.1 Å². The van der Waals surface area contributed by atoms with Gasteiger partial charge in [0.1, 0.15) is 11.4 Å². The van der Waals surface area contributed by atoms with Gasteiger partial charge in [-0.1, -0.05) is 30.3 Å². The van der Waals surface area contributed by atoms with Crippen molar-refractivity contribution >= 4 is 49.7 Å². The van der Waals surface area contributed by atoms with E-state index in [4.69, 9.17) is 8.92 Å². The molecule has 13 heteroatoms. The number of carbonyl (C=O) groups is 1. The van der Waals surface area contributed by atoms with Crippen LogP contribution in [0.2, 0.25) is 0 Å². The van der Waals surface area contributed by atoms with E-state index in [1.807, 2.05) is 0 Å². The van der Waals surface area contributed by atoms with Crippen molar-refractivity contribution in [3.05, 3.63) is 117 Å². The quantitative estimate of drug-likeness (QED) is 0.0813. The van der Waals surface area contributed by atoms with E-state index in [0.717, 1.165) is 6.07 Å². The lowest BCUT2D eigenvalue weighted by Gasteiger charge is -2.14. The molecule has 1 aromatic heterocycles. The van der Waals surface area contributed by atoms with Gasteiger partial charge in [0.25, 0.3) is 11.6 Å². The van der Waals surface area contributed by atoms with Crippen LogP contribution in [0.5, 0.6) is 11.5 Å². The molecule has 0 atom stereocenters. The van der Waals surface area contributed by atoms with Crippen LogP contribution in [0.1, 0.15) is 12.5 Å². The highest BCUT2D eigenvalue weighted by molar-refractivity contribution is 7.87. The smallest absolute Gasteiger partial charge is 0.339 e. The van der Waals surface area contributed by atoms with Crippen LogP contribution in [0.4, 0.5) is 5.69 Å². The van der Waals surface area contributed by atoms with Crippen molar-refractivity contribution in [1.29, 1.82) is 0 Å². The van der Waals surface area contributed by atoms with Crippen LogP contribution < -0.4 is 19.8 Å². The van der Waals surface area contributed by atoms with Crippen LogP contribution in [-0.4, -0.2) is 36.6 Å². The third-order valence-electron chi connectivity index (χ3n) is 6.37. The molecule has 0 aliphatic heterocycles. The predicted octanol–water partition coefficient (Wildman–Crippen LogP) is 4.38. The number of aromatic nitrogens is 1. The summed E-state index contributed by atoms with van der Waals surface area (Å²) in [6, 6.07) is 22.9. The zero-order valence-electron chi connectivity index (χ0n) is 22.7. The fourth-order valence-electron chi connectivity index (χ4n) is 4.47. The monoisotopic (exact) mass is 600 g/mol. The average molecular weight is 601 g/mol. The number of hydrogen-bond acceptors (Lipinski definition) is 9. The number of benzene rings is 4. The molecule has 1 amide bonds. The highest BCUT2D eigenvalue weighted by atomic mass is 32.2. The number of nitrogens with zero attached hydrogens (tertiary/aromatic N) is 3. The second-order valence-electron chi connectivity index (χ2n) is 9.17. The minimum Gasteiger partial charge on any atom is -0.490 e. The molecule has 0 saturated carbocycles. The summed E-state index contributed by atoms with van der Waals surface area (Å²) in [6.45, 7) is 1.78. The molecule has 4 aromatic carbocycles. The van der Waals surface area contributed by atoms with Gasteiger partial charge in [-0.2, -0.15) is 13.5 Å². The Bertz CT molecular complexity index is 2010. The van der Waals surface area contributed by atoms with Gasteiger partial charge in [-0.3, -0.25) is 19.7 Å². The van der Waals surface area contributed by atoms with Gasteiger partial charge < -0.3 is 13.5 Å². The number of carbonyl (C=O) groups excluding carboxylic acids is 1. The topological polar surface area (TPSA) is 159 Å². The summed E-state index contributed by atoms with van der Waals surface area (Å²) >= 11 is 0. The van der Waals surface area contributed by atoms with Gasteiger partial charge in [0.15, 0.2) is 16.9 Å². The predicted molar refractivity (Wildman–Crippen MR) is 160 cm³/mol. The molecule has 0 spiro atoms. The van der Waals surface area contributed by atoms with Crippen LogP contribution in [0.3, 0.4) is 0 Å². The number of nitrogens with one attached hydrogen (secondary N) is 1. The molecule has 0 bridgehead atoms. The molecular formula is C30H24N4O8S. The minimum atomic E-state index is -4.41. The summed E-state index contributed by atoms with van der Waals surface area (Å²) in [7, 11) is -4.41. The van der Waals surface area contributed by atoms with Crippen LogP contribution >= 0.6 is 0 Å². The number of nitro groups is 1. The number of pyridine rings is 1. The normalized spacial score (nSPS) is 11.6. The van der Waals surface area contributed by atoms with E-state index in [1.165, 1.54) is 42.6 Å². The van der Waals surface area contributed by atoms with Crippen LogP contribution in [0.25, 0.3) is 21.8 Å². The van der Waals surface area contributed by atoms with Gasteiger partial charge in [0.05, 0.1) is 28.8 Å². The molecule has 0 radical (unpaired) electrons. The number of non-ortho nitro benzene ring substituents is 1. The Balaban J connectivity index is 1.34. The molecule has 5 aromatic rings. The fourth-order valence-corrected chi connectivity index (χ4v) is 5.45. The van der Waals surface area contributed by atoms with E-state index in [0.29, 0.717) is 27.4 Å². The summed E-state index contributed by atoms with van der Waals surface area (Å²) in [5, 5.41) is 16.1. The van der Waals surface area contributed by atoms with Gasteiger partial charge in [0.2, 0.25) is 0 Å². The van der Waals surface area contributed by atoms with Crippen LogP contribution in [0, 0.1) is 10.1 Å². The number of hydrazone groups is 1. The molecule has 0 unspecified atom stereocenters. The molecule has 1 heterocycles. The van der Waals surface area contributed by atoms with E-state index in [-0.39, 0.29) is 35.0 Å². The van der Waals surface area contributed by atoms with Crippen LogP contribution in [0.15, 0.2) is 106 Å². The molecule has 0 aliphatic carbocycles. The molecule has 5 rings (SSSR count). The molecular weight excluding hydrogens is 576 g/mol. The average Bonchev–Trinajstić information content (AvgIpc) is 3.00. The number of nitro benzene ring substituents is 1. The summed E-state index contributed by atoms with van der Waals surface area (Å²) in [6.07, 6.45) is 1.35. The van der Waals surface area contributed by atoms with Crippen LogP contribution in [-0.2, 0) is 21.5 Å². The first-order chi connectivity index (χ1) is 20.7. The fraction of sp³-hybridized carbons (Fsp3) is 0.100. The van der Waals surface area contributed by atoms with Crippen molar-refractivity contribution in [2.45, 2.75) is 18.4 Å². The third-order valence-corrected chi connectivity index (χ3v) is 7.60. The standard InChI is InChI=1S/C30H24N4O8S/c1-2-41-28-16-20(14-15-27(28)42-43(39,40)22-9-7-8-21(17-22)34(37)38)18-31-32-29(35)19-33-25-12-5-3-10-23(25)30(36)24-11-4-6-13-26(24)33/h3-18H,2,19H2,1H3,(H,32,35)/b31-18-. The summed E-state index contributed by atoms with van der Waals surface area (Å²) in [5.41, 5.74) is 3.65. The van der Waals surface area contributed by atoms with Crippen molar-refractivity contribution in [2.75, 3.05) is 6.61 Å². The van der Waals surface area contributed by atoms with E-state index in [2.05, 4.69) is 10.5 Å². The van der Waals surface area contributed by atoms with Crippen molar-refractivity contribution in [3.8, 4) is 11.5 Å². The van der Waals surface area contributed by atoms with Gasteiger partial charge in [-0.15, -0.1) is 0 Å². The molecule has 218 valence electrons. The lowest BCUT2D eigenvalue weighted by Crippen LogP contribution is -2.25. The maximum Gasteiger partial charge on any atom is 0.339 e. The lowest BCUT2D eigenvalue weighted by atomic mass is 10.1. The Morgan fingerprint density at radius 3 is 2.28 bits per heavy atom. The second kappa shape index (κ2) is 12.1. The molecule has 1 N–H and O–H groups in total. The van der Waals surface area contributed by atoms with Gasteiger partial charge in [-0.25, -0.2) is 5.43 Å². The van der Waals surface area contributed by atoms with Crippen molar-refractivity contribution in [1.82, 2.24) is 9.99 Å². The third kappa shape index (κ3) is 6.21. The zero-order chi connectivity index (χ0) is 30.6. The van der Waals surface area contributed by atoms with Crippen molar-refractivity contribution in [2.24, 2.45) is 5.10 Å². The first-order valence-corrected chi connectivity index (χ1v) is 14.4. The number of hydrogen-bond donors (Lipinski definition) is 1. The summed E-state index contributed by atoms with van der Waals surface area (Å²) in [4.78, 5) is 35.8. The molecule has 0 aliphatic rings. The Labute approximate surface area is 245 Å². The van der Waals surface area contributed by atoms with Crippen molar-refractivity contribution < 1.29 is 27.1 Å². The van der Waals surface area contributed by atoms with E-state index in [1.54, 1.807) is 60.0 Å². The number of para-hydroxylation sites is 2. The first kappa shape index (κ1) is 29.0. The zero-order valence-corrected chi connectivity index (χ0v) is 23.5. The highest BCUT2D eigenvalue weighted by Gasteiger charge is 2.22. The number of rotatable bonds is 10. The van der Waals surface area contributed by atoms with Gasteiger partial charge in [-0.05, 0) is 61.0 Å². The van der Waals surface area contributed by atoms with E-state index in [9.17, 15) is 28.1 Å². The number of ether oxygens (including phenoxy) is 1. The molecule has 0 saturated heterocycles. The number of fused-ring (bicyclic) bond motifs is 2. The van der Waals surface area contributed by atoms with Crippen molar-refractivity contribution in [3.63, 3.8) is 0 Å². The largest absolute Gasteiger partial charge is 0.490 e. The Morgan fingerprint density at radius 1 is 0.953 bits per heavy atom. The van der Waals surface area contributed by atoms with E-state index < -0.39 is 26.6 Å². The maximum absolute atomic E-state index is 12.9.